The number of halogens is 3. The lowest BCUT2D eigenvalue weighted by Gasteiger charge is -2.23. The average Bonchev–Trinajstić information content (AvgIpc) is 2.33. The Kier molecular flexibility index (Phi) is 9.31. The van der Waals surface area contributed by atoms with E-state index in [9.17, 15) is 0 Å². The summed E-state index contributed by atoms with van der Waals surface area (Å²) >= 11 is 11.8. The third-order valence-electron chi connectivity index (χ3n) is 2.23. The van der Waals surface area contributed by atoms with Crippen LogP contribution in [0.2, 0.25) is 10.0 Å². The molecule has 1 aromatic rings. The van der Waals surface area contributed by atoms with Gasteiger partial charge in [0, 0.05) is 31.9 Å². The molecule has 3 N–H and O–H groups in total. The van der Waals surface area contributed by atoms with Crippen molar-refractivity contribution in [2.45, 2.75) is 26.3 Å². The highest BCUT2D eigenvalue weighted by atomic mass is 127. The van der Waals surface area contributed by atoms with E-state index in [0.29, 0.717) is 29.0 Å². The lowest BCUT2D eigenvalue weighted by atomic mass is 10.1. The topological polar surface area (TPSA) is 61.3 Å². The molecule has 0 aliphatic heterocycles. The summed E-state index contributed by atoms with van der Waals surface area (Å²) in [5, 5.41) is 10.6. The molecular formula is C13H22Cl2IN5. The molecule has 0 saturated carbocycles. The monoisotopic (exact) mass is 445 g/mol. The zero-order valence-corrected chi connectivity index (χ0v) is 16.5. The van der Waals surface area contributed by atoms with E-state index in [1.54, 1.807) is 19.3 Å². The van der Waals surface area contributed by atoms with Gasteiger partial charge in [-0.15, -0.1) is 24.0 Å². The molecule has 120 valence electrons. The predicted molar refractivity (Wildman–Crippen MR) is 102 cm³/mol. The first-order valence-corrected chi connectivity index (χ1v) is 7.11. The SMILES string of the molecule is CN=C(NCCNc1ncc(Cl)cc1Cl)NC(C)(C)C.I. The Hall–Kier alpha value is -0.470. The van der Waals surface area contributed by atoms with Crippen molar-refractivity contribution in [3.63, 3.8) is 0 Å². The highest BCUT2D eigenvalue weighted by Gasteiger charge is 2.11. The molecule has 0 spiro atoms. The normalized spacial score (nSPS) is 11.6. The molecule has 0 bridgehead atoms. The summed E-state index contributed by atoms with van der Waals surface area (Å²) in [6.07, 6.45) is 1.56. The Morgan fingerprint density at radius 2 is 1.95 bits per heavy atom. The van der Waals surface area contributed by atoms with Crippen LogP contribution in [0.1, 0.15) is 20.8 Å². The van der Waals surface area contributed by atoms with E-state index < -0.39 is 0 Å². The lowest BCUT2D eigenvalue weighted by Crippen LogP contribution is -2.48. The predicted octanol–water partition coefficient (Wildman–Crippen LogP) is 3.38. The van der Waals surface area contributed by atoms with Gasteiger partial charge in [-0.25, -0.2) is 4.98 Å². The van der Waals surface area contributed by atoms with Gasteiger partial charge in [0.05, 0.1) is 10.0 Å². The van der Waals surface area contributed by atoms with Crippen molar-refractivity contribution in [1.82, 2.24) is 15.6 Å². The third kappa shape index (κ3) is 8.53. The quantitative estimate of drug-likeness (QED) is 0.288. The third-order valence-corrected chi connectivity index (χ3v) is 2.73. The van der Waals surface area contributed by atoms with Gasteiger partial charge in [-0.05, 0) is 26.8 Å². The van der Waals surface area contributed by atoms with Crippen molar-refractivity contribution in [3.05, 3.63) is 22.3 Å². The summed E-state index contributed by atoms with van der Waals surface area (Å²) in [5.74, 6) is 1.38. The highest BCUT2D eigenvalue weighted by molar-refractivity contribution is 14.0. The van der Waals surface area contributed by atoms with Crippen LogP contribution in [-0.2, 0) is 0 Å². The van der Waals surface area contributed by atoms with E-state index in [2.05, 4.69) is 46.7 Å². The van der Waals surface area contributed by atoms with E-state index in [0.717, 1.165) is 5.96 Å². The molecule has 0 aliphatic rings. The highest BCUT2D eigenvalue weighted by Crippen LogP contribution is 2.21. The molecule has 5 nitrogen and oxygen atoms in total. The smallest absolute Gasteiger partial charge is 0.191 e. The molecule has 1 heterocycles. The zero-order chi connectivity index (χ0) is 15.2. The molecule has 0 radical (unpaired) electrons. The van der Waals surface area contributed by atoms with E-state index in [1.165, 1.54) is 0 Å². The number of pyridine rings is 1. The van der Waals surface area contributed by atoms with Gasteiger partial charge in [0.15, 0.2) is 5.96 Å². The minimum absolute atomic E-state index is 0. The van der Waals surface area contributed by atoms with Crippen molar-refractivity contribution >= 4 is 59.0 Å². The van der Waals surface area contributed by atoms with Crippen molar-refractivity contribution < 1.29 is 0 Å². The first-order valence-electron chi connectivity index (χ1n) is 6.35. The minimum Gasteiger partial charge on any atom is -0.367 e. The number of aliphatic imine (C=N–C) groups is 1. The maximum Gasteiger partial charge on any atom is 0.191 e. The number of nitrogens with zero attached hydrogens (tertiary/aromatic N) is 2. The van der Waals surface area contributed by atoms with Gasteiger partial charge in [0.1, 0.15) is 5.82 Å². The lowest BCUT2D eigenvalue weighted by molar-refractivity contribution is 0.502. The molecular weight excluding hydrogens is 424 g/mol. The summed E-state index contributed by atoms with van der Waals surface area (Å²) in [6, 6.07) is 1.66. The number of anilines is 1. The molecule has 0 aliphatic carbocycles. The molecule has 21 heavy (non-hydrogen) atoms. The standard InChI is InChI=1S/C13H21Cl2N5.HI/c1-13(2,3)20-12(16-4)18-6-5-17-11-10(15)7-9(14)8-19-11;/h7-8H,5-6H2,1-4H3,(H,17,19)(H2,16,18,20);1H. The largest absolute Gasteiger partial charge is 0.367 e. The summed E-state index contributed by atoms with van der Waals surface area (Å²) in [5.41, 5.74) is -0.0314. The second-order valence-electron chi connectivity index (χ2n) is 5.28. The molecule has 0 aromatic carbocycles. The van der Waals surface area contributed by atoms with Gasteiger partial charge < -0.3 is 16.0 Å². The first-order chi connectivity index (χ1) is 9.31. The summed E-state index contributed by atoms with van der Waals surface area (Å²) in [6.45, 7) is 7.59. The van der Waals surface area contributed by atoms with Crippen LogP contribution in [0.3, 0.4) is 0 Å². The van der Waals surface area contributed by atoms with Crippen LogP contribution in [0.15, 0.2) is 17.3 Å². The summed E-state index contributed by atoms with van der Waals surface area (Å²) in [4.78, 5) is 8.28. The number of hydrogen-bond acceptors (Lipinski definition) is 3. The van der Waals surface area contributed by atoms with Crippen LogP contribution in [-0.4, -0.2) is 36.6 Å². The number of nitrogens with one attached hydrogen (secondary N) is 3. The fourth-order valence-electron chi connectivity index (χ4n) is 1.44. The van der Waals surface area contributed by atoms with Gasteiger partial charge in [-0.2, -0.15) is 0 Å². The zero-order valence-electron chi connectivity index (χ0n) is 12.6. The molecule has 0 atom stereocenters. The maximum absolute atomic E-state index is 6.02. The molecule has 1 aromatic heterocycles. The number of rotatable bonds is 4. The van der Waals surface area contributed by atoms with E-state index in [1.807, 2.05) is 0 Å². The van der Waals surface area contributed by atoms with E-state index in [-0.39, 0.29) is 29.5 Å². The van der Waals surface area contributed by atoms with Crippen LogP contribution in [0, 0.1) is 0 Å². The first kappa shape index (κ1) is 20.5. The van der Waals surface area contributed by atoms with E-state index in [4.69, 9.17) is 23.2 Å². The van der Waals surface area contributed by atoms with Gasteiger partial charge >= 0.3 is 0 Å². The van der Waals surface area contributed by atoms with Gasteiger partial charge in [-0.3, -0.25) is 4.99 Å². The van der Waals surface area contributed by atoms with Gasteiger partial charge in [0.25, 0.3) is 0 Å². The van der Waals surface area contributed by atoms with Crippen LogP contribution in [0.5, 0.6) is 0 Å². The second-order valence-corrected chi connectivity index (χ2v) is 6.13. The van der Waals surface area contributed by atoms with Crippen molar-refractivity contribution in [3.8, 4) is 0 Å². The average molecular weight is 446 g/mol. The Balaban J connectivity index is 0.00000400. The molecule has 0 saturated heterocycles. The molecule has 1 rings (SSSR count). The van der Waals surface area contributed by atoms with Crippen molar-refractivity contribution in [1.29, 1.82) is 0 Å². The Morgan fingerprint density at radius 3 is 2.48 bits per heavy atom. The minimum atomic E-state index is -0.0314. The fraction of sp³-hybridized carbons (Fsp3) is 0.538. The Morgan fingerprint density at radius 1 is 1.29 bits per heavy atom. The van der Waals surface area contributed by atoms with Gasteiger partial charge in [0.2, 0.25) is 0 Å². The maximum atomic E-state index is 6.02. The summed E-state index contributed by atoms with van der Waals surface area (Å²) < 4.78 is 0. The van der Waals surface area contributed by atoms with Crippen molar-refractivity contribution in [2.75, 3.05) is 25.5 Å². The second kappa shape index (κ2) is 9.53. The molecule has 0 amide bonds. The Bertz CT molecular complexity index is 474. The molecule has 0 fully saturated rings. The van der Waals surface area contributed by atoms with Crippen LogP contribution < -0.4 is 16.0 Å². The molecule has 0 unspecified atom stereocenters. The molecule has 8 heteroatoms. The Labute approximate surface area is 153 Å². The van der Waals surface area contributed by atoms with Crippen LogP contribution in [0.4, 0.5) is 5.82 Å². The number of aromatic nitrogens is 1. The van der Waals surface area contributed by atoms with Crippen LogP contribution >= 0.6 is 47.2 Å². The van der Waals surface area contributed by atoms with Crippen molar-refractivity contribution in [2.24, 2.45) is 4.99 Å². The number of guanidine groups is 1. The summed E-state index contributed by atoms with van der Waals surface area (Å²) in [7, 11) is 1.74. The van der Waals surface area contributed by atoms with Gasteiger partial charge in [-0.1, -0.05) is 23.2 Å². The van der Waals surface area contributed by atoms with Crippen LogP contribution in [0.25, 0.3) is 0 Å². The fourth-order valence-corrected chi connectivity index (χ4v) is 1.89. The van der Waals surface area contributed by atoms with E-state index >= 15 is 0 Å². The number of hydrogen-bond donors (Lipinski definition) is 3.